The second kappa shape index (κ2) is 7.24. The number of amides is 1. The highest BCUT2D eigenvalue weighted by Gasteiger charge is 2.26. The number of likely N-dealkylation sites (tertiary alicyclic amines) is 1. The standard InChI is InChI=1S/C13H25NO4S/c1-11(2)9-19(16,17)10-13(15)14-6-4-12(5-7-14)8-18-3/h11-12H,4-10H2,1-3H3. The molecule has 1 aliphatic heterocycles. The number of carbonyl (C=O) groups excluding carboxylic acids is 1. The molecule has 0 spiro atoms. The molecule has 0 radical (unpaired) electrons. The Balaban J connectivity index is 2.43. The second-order valence-electron chi connectivity index (χ2n) is 5.73. The summed E-state index contributed by atoms with van der Waals surface area (Å²) in [6.45, 7) is 5.69. The van der Waals surface area contributed by atoms with E-state index >= 15 is 0 Å². The molecule has 0 saturated carbocycles. The van der Waals surface area contributed by atoms with Gasteiger partial charge in [-0.25, -0.2) is 8.42 Å². The van der Waals surface area contributed by atoms with Crippen molar-refractivity contribution in [3.8, 4) is 0 Å². The van der Waals surface area contributed by atoms with Crippen molar-refractivity contribution in [3.63, 3.8) is 0 Å². The number of piperidine rings is 1. The summed E-state index contributed by atoms with van der Waals surface area (Å²) in [6.07, 6.45) is 1.79. The molecule has 5 nitrogen and oxygen atoms in total. The van der Waals surface area contributed by atoms with Gasteiger partial charge in [0.2, 0.25) is 5.91 Å². The van der Waals surface area contributed by atoms with Crippen molar-refractivity contribution in [2.75, 3.05) is 38.3 Å². The van der Waals surface area contributed by atoms with E-state index in [0.29, 0.717) is 25.6 Å². The van der Waals surface area contributed by atoms with E-state index in [1.807, 2.05) is 13.8 Å². The number of carbonyl (C=O) groups is 1. The molecule has 1 saturated heterocycles. The summed E-state index contributed by atoms with van der Waals surface area (Å²) in [5.41, 5.74) is 0. The van der Waals surface area contributed by atoms with E-state index in [4.69, 9.17) is 4.74 Å². The van der Waals surface area contributed by atoms with Crippen LogP contribution >= 0.6 is 0 Å². The van der Waals surface area contributed by atoms with Crippen molar-refractivity contribution in [2.45, 2.75) is 26.7 Å². The van der Waals surface area contributed by atoms with Gasteiger partial charge in [-0.1, -0.05) is 13.8 Å². The average Bonchev–Trinajstić information content (AvgIpc) is 2.27. The van der Waals surface area contributed by atoms with Gasteiger partial charge >= 0.3 is 0 Å². The molecule has 1 rings (SSSR count). The zero-order chi connectivity index (χ0) is 14.5. The van der Waals surface area contributed by atoms with E-state index in [9.17, 15) is 13.2 Å². The molecule has 19 heavy (non-hydrogen) atoms. The van der Waals surface area contributed by atoms with Crippen molar-refractivity contribution in [1.82, 2.24) is 4.90 Å². The molecule has 1 heterocycles. The SMILES string of the molecule is COCC1CCN(C(=O)CS(=O)(=O)CC(C)C)CC1. The van der Waals surface area contributed by atoms with Crippen LogP contribution in [0.25, 0.3) is 0 Å². The molecule has 0 aliphatic carbocycles. The van der Waals surface area contributed by atoms with Crippen LogP contribution in [0.2, 0.25) is 0 Å². The fourth-order valence-electron chi connectivity index (χ4n) is 2.43. The van der Waals surface area contributed by atoms with Crippen molar-refractivity contribution >= 4 is 15.7 Å². The summed E-state index contributed by atoms with van der Waals surface area (Å²) in [7, 11) is -1.59. The van der Waals surface area contributed by atoms with Gasteiger partial charge in [-0.3, -0.25) is 4.79 Å². The van der Waals surface area contributed by atoms with Gasteiger partial charge in [0.1, 0.15) is 5.75 Å². The number of hydrogen-bond donors (Lipinski definition) is 0. The predicted molar refractivity (Wildman–Crippen MR) is 74.7 cm³/mol. The number of methoxy groups -OCH3 is 1. The monoisotopic (exact) mass is 291 g/mol. The minimum absolute atomic E-state index is 0.0604. The lowest BCUT2D eigenvalue weighted by Gasteiger charge is -2.31. The van der Waals surface area contributed by atoms with Gasteiger partial charge < -0.3 is 9.64 Å². The van der Waals surface area contributed by atoms with E-state index in [1.54, 1.807) is 12.0 Å². The lowest BCUT2D eigenvalue weighted by atomic mass is 9.98. The summed E-state index contributed by atoms with van der Waals surface area (Å²) in [4.78, 5) is 13.6. The number of hydrogen-bond acceptors (Lipinski definition) is 4. The van der Waals surface area contributed by atoms with Crippen LogP contribution in [0.1, 0.15) is 26.7 Å². The Bertz CT molecular complexity index is 383. The minimum Gasteiger partial charge on any atom is -0.384 e. The maximum atomic E-state index is 12.0. The predicted octanol–water partition coefficient (Wildman–Crippen LogP) is 0.942. The fraction of sp³-hybridized carbons (Fsp3) is 0.923. The molecule has 0 N–H and O–H groups in total. The summed E-state index contributed by atoms with van der Waals surface area (Å²) in [5.74, 6) is 0.0296. The molecule has 0 atom stereocenters. The van der Waals surface area contributed by atoms with E-state index in [0.717, 1.165) is 12.8 Å². The first kappa shape index (κ1) is 16.4. The van der Waals surface area contributed by atoms with Crippen LogP contribution in [0.5, 0.6) is 0 Å². The summed E-state index contributed by atoms with van der Waals surface area (Å²) in [6, 6.07) is 0. The molecule has 0 unspecified atom stereocenters. The van der Waals surface area contributed by atoms with Gasteiger partial charge in [-0.05, 0) is 24.7 Å². The molecule has 6 heteroatoms. The summed E-state index contributed by atoms with van der Waals surface area (Å²) < 4.78 is 28.7. The first-order chi connectivity index (χ1) is 8.84. The third kappa shape index (κ3) is 5.91. The maximum Gasteiger partial charge on any atom is 0.237 e. The molecule has 1 amide bonds. The van der Waals surface area contributed by atoms with Crippen molar-refractivity contribution in [2.24, 2.45) is 11.8 Å². The molecular weight excluding hydrogens is 266 g/mol. The third-order valence-corrected chi connectivity index (χ3v) is 5.16. The van der Waals surface area contributed by atoms with Gasteiger partial charge in [0, 0.05) is 26.8 Å². The highest BCUT2D eigenvalue weighted by atomic mass is 32.2. The van der Waals surface area contributed by atoms with Crippen LogP contribution in [0.4, 0.5) is 0 Å². The Labute approximate surface area is 116 Å². The van der Waals surface area contributed by atoms with Gasteiger partial charge in [0.15, 0.2) is 9.84 Å². The molecule has 1 aliphatic rings. The number of ether oxygens (including phenoxy) is 1. The van der Waals surface area contributed by atoms with E-state index in [-0.39, 0.29) is 23.3 Å². The molecular formula is C13H25NO4S. The van der Waals surface area contributed by atoms with Crippen molar-refractivity contribution in [3.05, 3.63) is 0 Å². The average molecular weight is 291 g/mol. The third-order valence-electron chi connectivity index (χ3n) is 3.30. The Morgan fingerprint density at radius 1 is 1.32 bits per heavy atom. The first-order valence-electron chi connectivity index (χ1n) is 6.81. The van der Waals surface area contributed by atoms with Gasteiger partial charge in [-0.2, -0.15) is 0 Å². The largest absolute Gasteiger partial charge is 0.384 e. The first-order valence-corrected chi connectivity index (χ1v) is 8.63. The lowest BCUT2D eigenvalue weighted by molar-refractivity contribution is -0.130. The van der Waals surface area contributed by atoms with Crippen LogP contribution in [-0.2, 0) is 19.4 Å². The molecule has 1 fully saturated rings. The smallest absolute Gasteiger partial charge is 0.237 e. The molecule has 0 bridgehead atoms. The molecule has 0 aromatic rings. The highest BCUT2D eigenvalue weighted by molar-refractivity contribution is 7.92. The van der Waals surface area contributed by atoms with E-state index in [2.05, 4.69) is 0 Å². The van der Waals surface area contributed by atoms with E-state index in [1.165, 1.54) is 0 Å². The zero-order valence-electron chi connectivity index (χ0n) is 12.1. The normalized spacial score (nSPS) is 18.0. The number of sulfone groups is 1. The van der Waals surface area contributed by atoms with Crippen molar-refractivity contribution in [1.29, 1.82) is 0 Å². The maximum absolute atomic E-state index is 12.0. The minimum atomic E-state index is -3.27. The lowest BCUT2D eigenvalue weighted by Crippen LogP contribution is -2.42. The Kier molecular flexibility index (Phi) is 6.26. The van der Waals surface area contributed by atoms with Crippen LogP contribution in [0.3, 0.4) is 0 Å². The van der Waals surface area contributed by atoms with Gasteiger partial charge in [0.05, 0.1) is 5.75 Å². The molecule has 0 aromatic heterocycles. The number of rotatable bonds is 6. The van der Waals surface area contributed by atoms with Crippen molar-refractivity contribution < 1.29 is 17.9 Å². The van der Waals surface area contributed by atoms with Gasteiger partial charge in [0.25, 0.3) is 0 Å². The quantitative estimate of drug-likeness (QED) is 0.730. The van der Waals surface area contributed by atoms with Gasteiger partial charge in [-0.15, -0.1) is 0 Å². The Morgan fingerprint density at radius 3 is 2.37 bits per heavy atom. The Morgan fingerprint density at radius 2 is 1.89 bits per heavy atom. The molecule has 0 aromatic carbocycles. The van der Waals surface area contributed by atoms with Crippen LogP contribution in [-0.4, -0.2) is 57.5 Å². The summed E-state index contributed by atoms with van der Waals surface area (Å²) >= 11 is 0. The highest BCUT2D eigenvalue weighted by Crippen LogP contribution is 2.17. The Hall–Kier alpha value is -0.620. The van der Waals surface area contributed by atoms with Crippen LogP contribution < -0.4 is 0 Å². The number of nitrogens with zero attached hydrogens (tertiary/aromatic N) is 1. The van der Waals surface area contributed by atoms with E-state index < -0.39 is 9.84 Å². The zero-order valence-corrected chi connectivity index (χ0v) is 12.9. The summed E-state index contributed by atoms with van der Waals surface area (Å²) in [5, 5.41) is 0. The fourth-order valence-corrected chi connectivity index (χ4v) is 4.12. The van der Waals surface area contributed by atoms with Crippen LogP contribution in [0.15, 0.2) is 0 Å². The topological polar surface area (TPSA) is 63.7 Å². The molecule has 112 valence electrons. The van der Waals surface area contributed by atoms with Crippen LogP contribution in [0, 0.1) is 11.8 Å². The second-order valence-corrected chi connectivity index (χ2v) is 7.84.